The maximum absolute atomic E-state index is 3.60. The van der Waals surface area contributed by atoms with Gasteiger partial charge in [-0.25, -0.2) is 0 Å². The summed E-state index contributed by atoms with van der Waals surface area (Å²) < 4.78 is 0. The molecule has 2 rings (SSSR count). The predicted octanol–water partition coefficient (Wildman–Crippen LogP) is 2.30. The first-order valence-electron chi connectivity index (χ1n) is 6.89. The van der Waals surface area contributed by atoms with Gasteiger partial charge in [0.25, 0.3) is 0 Å². The van der Waals surface area contributed by atoms with Gasteiger partial charge in [0, 0.05) is 6.04 Å². The molecule has 0 spiro atoms. The quantitative estimate of drug-likeness (QED) is 0.657. The molecule has 1 saturated heterocycles. The Kier molecular flexibility index (Phi) is 4.94. The Bertz CT molecular complexity index is 140. The van der Waals surface area contributed by atoms with Gasteiger partial charge in [-0.3, -0.25) is 0 Å². The van der Waals surface area contributed by atoms with Crippen LogP contribution in [0.15, 0.2) is 0 Å². The third-order valence-electron chi connectivity index (χ3n) is 4.04. The zero-order valence-corrected chi connectivity index (χ0v) is 9.93. The van der Waals surface area contributed by atoms with E-state index in [-0.39, 0.29) is 0 Å². The molecule has 1 unspecified atom stereocenters. The lowest BCUT2D eigenvalue weighted by Gasteiger charge is -2.12. The summed E-state index contributed by atoms with van der Waals surface area (Å²) in [4.78, 5) is 0. The number of hydrogen-bond acceptors (Lipinski definition) is 2. The summed E-state index contributed by atoms with van der Waals surface area (Å²) in [5, 5.41) is 7.15. The van der Waals surface area contributed by atoms with Gasteiger partial charge in [-0.15, -0.1) is 0 Å². The Labute approximate surface area is 94.2 Å². The Morgan fingerprint density at radius 3 is 2.47 bits per heavy atom. The highest BCUT2D eigenvalue weighted by Crippen LogP contribution is 2.26. The van der Waals surface area contributed by atoms with Crippen molar-refractivity contribution in [1.82, 2.24) is 10.6 Å². The molecule has 1 atom stereocenters. The molecular weight excluding hydrogens is 184 g/mol. The summed E-state index contributed by atoms with van der Waals surface area (Å²) in [6.45, 7) is 3.70. The van der Waals surface area contributed by atoms with Crippen LogP contribution in [0.3, 0.4) is 0 Å². The molecular formula is C13H26N2. The number of rotatable bonds is 6. The monoisotopic (exact) mass is 210 g/mol. The first-order valence-corrected chi connectivity index (χ1v) is 6.89. The van der Waals surface area contributed by atoms with Gasteiger partial charge in [-0.1, -0.05) is 25.7 Å². The molecule has 0 aromatic carbocycles. The fraction of sp³-hybridized carbons (Fsp3) is 1.00. The lowest BCUT2D eigenvalue weighted by atomic mass is 10.0. The fourth-order valence-electron chi connectivity index (χ4n) is 3.01. The minimum atomic E-state index is 0.809. The first-order chi connectivity index (χ1) is 7.45. The average Bonchev–Trinajstić information content (AvgIpc) is 2.88. The van der Waals surface area contributed by atoms with Crippen molar-refractivity contribution < 1.29 is 0 Å². The molecule has 1 saturated carbocycles. The second kappa shape index (κ2) is 6.49. The molecule has 2 aliphatic rings. The van der Waals surface area contributed by atoms with Gasteiger partial charge in [0.15, 0.2) is 0 Å². The average molecular weight is 210 g/mol. The second-order valence-corrected chi connectivity index (χ2v) is 5.27. The van der Waals surface area contributed by atoms with Gasteiger partial charge in [0.05, 0.1) is 0 Å². The normalized spacial score (nSPS) is 27.6. The molecule has 1 heterocycles. The summed E-state index contributed by atoms with van der Waals surface area (Å²) in [6, 6.07) is 0.809. The minimum absolute atomic E-state index is 0.809. The largest absolute Gasteiger partial charge is 0.317 e. The standard InChI is InChI=1S/C13H26N2/c1-2-5-12(4-1)7-10-14-11-8-13-6-3-9-15-13/h12-15H,1-11H2. The van der Waals surface area contributed by atoms with Crippen LogP contribution in [0.5, 0.6) is 0 Å². The highest BCUT2D eigenvalue weighted by atomic mass is 14.9. The molecule has 88 valence electrons. The van der Waals surface area contributed by atoms with Crippen molar-refractivity contribution in [3.63, 3.8) is 0 Å². The van der Waals surface area contributed by atoms with Crippen molar-refractivity contribution in [3.8, 4) is 0 Å². The van der Waals surface area contributed by atoms with Gasteiger partial charge >= 0.3 is 0 Å². The van der Waals surface area contributed by atoms with Gasteiger partial charge in [0.1, 0.15) is 0 Å². The summed E-state index contributed by atoms with van der Waals surface area (Å²) in [5.41, 5.74) is 0. The smallest absolute Gasteiger partial charge is 0.00796 e. The second-order valence-electron chi connectivity index (χ2n) is 5.27. The summed E-state index contributed by atoms with van der Waals surface area (Å²) in [5.74, 6) is 1.04. The van der Waals surface area contributed by atoms with Crippen LogP contribution in [0.2, 0.25) is 0 Å². The van der Waals surface area contributed by atoms with E-state index in [4.69, 9.17) is 0 Å². The Morgan fingerprint density at radius 2 is 1.73 bits per heavy atom. The van der Waals surface area contributed by atoms with Crippen LogP contribution < -0.4 is 10.6 Å². The Balaban J connectivity index is 1.41. The van der Waals surface area contributed by atoms with Gasteiger partial charge in [-0.2, -0.15) is 0 Å². The molecule has 2 heteroatoms. The molecule has 15 heavy (non-hydrogen) atoms. The predicted molar refractivity (Wildman–Crippen MR) is 65.1 cm³/mol. The third kappa shape index (κ3) is 4.12. The zero-order chi connectivity index (χ0) is 10.3. The molecule has 0 amide bonds. The van der Waals surface area contributed by atoms with Crippen molar-refractivity contribution in [2.24, 2.45) is 5.92 Å². The van der Waals surface area contributed by atoms with E-state index in [1.165, 1.54) is 71.0 Å². The van der Waals surface area contributed by atoms with E-state index in [2.05, 4.69) is 10.6 Å². The van der Waals surface area contributed by atoms with E-state index in [0.717, 1.165) is 12.0 Å². The van der Waals surface area contributed by atoms with E-state index >= 15 is 0 Å². The molecule has 2 nitrogen and oxygen atoms in total. The zero-order valence-electron chi connectivity index (χ0n) is 9.93. The molecule has 0 aromatic rings. The lowest BCUT2D eigenvalue weighted by Crippen LogP contribution is -2.27. The summed E-state index contributed by atoms with van der Waals surface area (Å²) in [6.07, 6.45) is 11.5. The fourth-order valence-corrected chi connectivity index (χ4v) is 3.01. The molecule has 0 aromatic heterocycles. The maximum atomic E-state index is 3.60. The van der Waals surface area contributed by atoms with Gasteiger partial charge < -0.3 is 10.6 Å². The van der Waals surface area contributed by atoms with E-state index in [9.17, 15) is 0 Å². The molecule has 1 aliphatic carbocycles. The Morgan fingerprint density at radius 1 is 0.933 bits per heavy atom. The topological polar surface area (TPSA) is 24.1 Å². The molecule has 0 radical (unpaired) electrons. The van der Waals surface area contributed by atoms with Crippen molar-refractivity contribution >= 4 is 0 Å². The summed E-state index contributed by atoms with van der Waals surface area (Å²) in [7, 11) is 0. The van der Waals surface area contributed by atoms with Crippen LogP contribution in [-0.4, -0.2) is 25.7 Å². The van der Waals surface area contributed by atoms with Crippen LogP contribution in [-0.2, 0) is 0 Å². The molecule has 1 aliphatic heterocycles. The number of nitrogens with one attached hydrogen (secondary N) is 2. The lowest BCUT2D eigenvalue weighted by molar-refractivity contribution is 0.461. The van der Waals surface area contributed by atoms with Crippen molar-refractivity contribution in [2.45, 2.75) is 57.4 Å². The van der Waals surface area contributed by atoms with E-state index in [0.29, 0.717) is 0 Å². The van der Waals surface area contributed by atoms with Crippen molar-refractivity contribution in [3.05, 3.63) is 0 Å². The highest BCUT2D eigenvalue weighted by molar-refractivity contribution is 4.75. The van der Waals surface area contributed by atoms with Gasteiger partial charge in [0.2, 0.25) is 0 Å². The van der Waals surface area contributed by atoms with Gasteiger partial charge in [-0.05, 0) is 51.2 Å². The van der Waals surface area contributed by atoms with E-state index < -0.39 is 0 Å². The molecule has 2 fully saturated rings. The molecule has 0 bridgehead atoms. The third-order valence-corrected chi connectivity index (χ3v) is 4.04. The van der Waals surface area contributed by atoms with Crippen LogP contribution >= 0.6 is 0 Å². The van der Waals surface area contributed by atoms with E-state index in [1.54, 1.807) is 0 Å². The minimum Gasteiger partial charge on any atom is -0.317 e. The van der Waals surface area contributed by atoms with Crippen molar-refractivity contribution in [1.29, 1.82) is 0 Å². The van der Waals surface area contributed by atoms with Crippen LogP contribution in [0.25, 0.3) is 0 Å². The number of hydrogen-bond donors (Lipinski definition) is 2. The SMILES string of the molecule is C1CCC(CCNCCC2CCCN2)C1. The molecule has 2 N–H and O–H groups in total. The summed E-state index contributed by atoms with van der Waals surface area (Å²) >= 11 is 0. The van der Waals surface area contributed by atoms with Crippen molar-refractivity contribution in [2.75, 3.05) is 19.6 Å². The highest BCUT2D eigenvalue weighted by Gasteiger charge is 2.15. The van der Waals surface area contributed by atoms with Crippen LogP contribution in [0, 0.1) is 5.92 Å². The van der Waals surface area contributed by atoms with Crippen LogP contribution in [0.4, 0.5) is 0 Å². The maximum Gasteiger partial charge on any atom is 0.00796 e. The Hall–Kier alpha value is -0.0800. The van der Waals surface area contributed by atoms with E-state index in [1.807, 2.05) is 0 Å². The first kappa shape index (κ1) is 11.4. The van der Waals surface area contributed by atoms with Crippen LogP contribution in [0.1, 0.15) is 51.4 Å².